The van der Waals surface area contributed by atoms with Gasteiger partial charge in [0.25, 0.3) is 15.7 Å². The third-order valence-electron chi connectivity index (χ3n) is 5.38. The maximum absolute atomic E-state index is 14.9. The Hall–Kier alpha value is -3.35. The Balaban J connectivity index is 1.98. The predicted molar refractivity (Wildman–Crippen MR) is 124 cm³/mol. The Labute approximate surface area is 202 Å². The van der Waals surface area contributed by atoms with E-state index in [4.69, 9.17) is 16.2 Å². The maximum Gasteiger partial charge on any atom is 0.294 e. The summed E-state index contributed by atoms with van der Waals surface area (Å²) in [5.41, 5.74) is -1.70. The Bertz CT molecular complexity index is 1630. The number of hydrogen-bond donors (Lipinski definition) is 1. The summed E-state index contributed by atoms with van der Waals surface area (Å²) in [5.74, 6) is -3.31. The molecule has 2 aromatic heterocycles. The van der Waals surface area contributed by atoms with E-state index in [1.54, 1.807) is 20.9 Å². The van der Waals surface area contributed by atoms with Crippen molar-refractivity contribution in [2.45, 2.75) is 24.8 Å². The molecule has 1 N–H and O–H groups in total. The molecule has 184 valence electrons. The zero-order valence-corrected chi connectivity index (χ0v) is 20.1. The van der Waals surface area contributed by atoms with Gasteiger partial charge >= 0.3 is 0 Å². The molecule has 2 heterocycles. The third-order valence-corrected chi connectivity index (χ3v) is 6.44. The van der Waals surface area contributed by atoms with Crippen molar-refractivity contribution in [1.29, 1.82) is 0 Å². The molecule has 0 saturated carbocycles. The highest BCUT2D eigenvalue weighted by atomic mass is 35.5. The molecule has 0 aliphatic rings. The maximum atomic E-state index is 14.9. The Morgan fingerprint density at radius 2 is 1.69 bits per heavy atom. The summed E-state index contributed by atoms with van der Waals surface area (Å²) in [4.78, 5) is 17.9. The van der Waals surface area contributed by atoms with E-state index in [-0.39, 0.29) is 11.3 Å². The van der Waals surface area contributed by atoms with Gasteiger partial charge in [-0.3, -0.25) is 9.35 Å². The number of rotatable bonds is 5. The van der Waals surface area contributed by atoms with E-state index < -0.39 is 55.2 Å². The summed E-state index contributed by atoms with van der Waals surface area (Å²) in [7, 11) is -3.34. The Morgan fingerprint density at radius 1 is 1.06 bits per heavy atom. The van der Waals surface area contributed by atoms with Crippen molar-refractivity contribution < 1.29 is 26.1 Å². The van der Waals surface area contributed by atoms with Crippen LogP contribution in [-0.2, 0) is 10.1 Å². The van der Waals surface area contributed by atoms with Gasteiger partial charge in [0.05, 0.1) is 39.8 Å². The number of hydrogen-bond acceptors (Lipinski definition) is 5. The number of aromatic nitrogens is 3. The van der Waals surface area contributed by atoms with E-state index in [1.165, 1.54) is 44.7 Å². The van der Waals surface area contributed by atoms with Gasteiger partial charge in [-0.15, -0.1) is 0 Å². The fourth-order valence-corrected chi connectivity index (χ4v) is 4.42. The van der Waals surface area contributed by atoms with Gasteiger partial charge in [0, 0.05) is 18.1 Å². The second kappa shape index (κ2) is 8.70. The van der Waals surface area contributed by atoms with Crippen LogP contribution in [0.15, 0.2) is 52.4 Å². The highest BCUT2D eigenvalue weighted by Gasteiger charge is 2.27. The van der Waals surface area contributed by atoms with Gasteiger partial charge in [0.1, 0.15) is 17.5 Å². The summed E-state index contributed by atoms with van der Waals surface area (Å²) in [6.07, 6.45) is 2.72. The normalized spacial score (nSPS) is 12.0. The van der Waals surface area contributed by atoms with Gasteiger partial charge in [-0.25, -0.2) is 27.4 Å². The second-order valence-corrected chi connectivity index (χ2v) is 9.85. The third kappa shape index (κ3) is 4.28. The van der Waals surface area contributed by atoms with Crippen molar-refractivity contribution in [2.24, 2.45) is 0 Å². The van der Waals surface area contributed by atoms with E-state index in [0.29, 0.717) is 22.8 Å². The minimum atomic E-state index is -4.89. The van der Waals surface area contributed by atoms with Crippen LogP contribution in [-0.4, -0.2) is 34.2 Å². The quantitative estimate of drug-likeness (QED) is 0.374. The first-order valence-electron chi connectivity index (χ1n) is 10.1. The first-order valence-corrected chi connectivity index (χ1v) is 11.9. The molecule has 0 bridgehead atoms. The molecule has 0 amide bonds. The summed E-state index contributed by atoms with van der Waals surface area (Å²) >= 11 is 5.99. The molecule has 0 aliphatic heterocycles. The summed E-state index contributed by atoms with van der Waals surface area (Å²) in [6, 6.07) is 4.33. The second-order valence-electron chi connectivity index (χ2n) is 7.99. The Kier molecular flexibility index (Phi) is 6.16. The molecule has 8 nitrogen and oxygen atoms in total. The van der Waals surface area contributed by atoms with Crippen molar-refractivity contribution in [2.75, 3.05) is 11.9 Å². The molecule has 0 unspecified atom stereocenters. The average molecular weight is 527 g/mol. The number of fused-ring (bicyclic) bond motifs is 1. The lowest BCUT2D eigenvalue weighted by molar-refractivity contribution is 0.480. The van der Waals surface area contributed by atoms with E-state index in [9.17, 15) is 26.4 Å². The SMILES string of the molecule is CC(C)n1c(=O)c(-c2c(F)cc(S(=O)(=O)O)cc2F)c2ncc(N(C)c3cc(Cl)ccc3F)cn21. The van der Waals surface area contributed by atoms with Crippen molar-refractivity contribution in [1.82, 2.24) is 14.2 Å². The molecule has 13 heteroatoms. The molecule has 0 aliphatic carbocycles. The molecule has 2 aromatic carbocycles. The van der Waals surface area contributed by atoms with Crippen LogP contribution in [0, 0.1) is 17.5 Å². The number of nitrogens with zero attached hydrogens (tertiary/aromatic N) is 4. The van der Waals surface area contributed by atoms with Crippen LogP contribution in [0.1, 0.15) is 19.9 Å². The molecular weight excluding hydrogens is 509 g/mol. The van der Waals surface area contributed by atoms with E-state index in [1.807, 2.05) is 0 Å². The van der Waals surface area contributed by atoms with Crippen LogP contribution in [0.25, 0.3) is 16.8 Å². The number of halogens is 4. The van der Waals surface area contributed by atoms with Crippen molar-refractivity contribution in [3.05, 3.63) is 75.6 Å². The van der Waals surface area contributed by atoms with E-state index in [2.05, 4.69) is 4.98 Å². The minimum Gasteiger partial charge on any atom is -0.340 e. The highest BCUT2D eigenvalue weighted by molar-refractivity contribution is 7.85. The first-order chi connectivity index (χ1) is 16.3. The standard InChI is InChI=1S/C22H18ClF3N4O4S/c1-11(2)30-22(31)20(19-16(25)7-14(8-17(19)26)35(32,33)34)21-27-9-13(10-29(21)30)28(3)18-6-12(23)4-5-15(18)24/h4-11H,1-3H3,(H,32,33,34). The van der Waals surface area contributed by atoms with Crippen molar-refractivity contribution in [3.8, 4) is 11.1 Å². The monoisotopic (exact) mass is 526 g/mol. The zero-order valence-electron chi connectivity index (χ0n) is 18.5. The van der Waals surface area contributed by atoms with Gasteiger partial charge in [-0.05, 0) is 44.2 Å². The summed E-state index contributed by atoms with van der Waals surface area (Å²) in [6.45, 7) is 3.33. The molecule has 0 atom stereocenters. The highest BCUT2D eigenvalue weighted by Crippen LogP contribution is 2.32. The van der Waals surface area contributed by atoms with Gasteiger partial charge in [0.15, 0.2) is 5.65 Å². The fraction of sp³-hybridized carbons (Fsp3) is 0.182. The molecule has 0 spiro atoms. The van der Waals surface area contributed by atoms with Gasteiger partial charge < -0.3 is 4.90 Å². The molecule has 0 radical (unpaired) electrons. The van der Waals surface area contributed by atoms with E-state index >= 15 is 0 Å². The Morgan fingerprint density at radius 3 is 2.26 bits per heavy atom. The van der Waals surface area contributed by atoms with Crippen LogP contribution < -0.4 is 10.5 Å². The molecule has 35 heavy (non-hydrogen) atoms. The van der Waals surface area contributed by atoms with Crippen LogP contribution >= 0.6 is 11.6 Å². The van der Waals surface area contributed by atoms with Crippen LogP contribution in [0.3, 0.4) is 0 Å². The lowest BCUT2D eigenvalue weighted by Crippen LogP contribution is -2.23. The van der Waals surface area contributed by atoms with Crippen LogP contribution in [0.4, 0.5) is 24.5 Å². The topological polar surface area (TPSA) is 96.9 Å². The first kappa shape index (κ1) is 24.8. The molecular formula is C22H18ClF3N4O4S. The largest absolute Gasteiger partial charge is 0.340 e. The average Bonchev–Trinajstić information content (AvgIpc) is 3.05. The smallest absolute Gasteiger partial charge is 0.294 e. The number of anilines is 2. The van der Waals surface area contributed by atoms with Gasteiger partial charge in [-0.1, -0.05) is 11.6 Å². The molecule has 0 fully saturated rings. The minimum absolute atomic E-state index is 0.121. The lowest BCUT2D eigenvalue weighted by Gasteiger charge is -2.21. The molecule has 4 aromatic rings. The van der Waals surface area contributed by atoms with Gasteiger partial charge in [0.2, 0.25) is 0 Å². The lowest BCUT2D eigenvalue weighted by atomic mass is 10.1. The summed E-state index contributed by atoms with van der Waals surface area (Å²) < 4.78 is 78.4. The van der Waals surface area contributed by atoms with Gasteiger partial charge in [-0.2, -0.15) is 8.42 Å². The van der Waals surface area contributed by atoms with E-state index in [0.717, 1.165) is 0 Å². The van der Waals surface area contributed by atoms with Crippen LogP contribution in [0.2, 0.25) is 5.02 Å². The fourth-order valence-electron chi connectivity index (χ4n) is 3.75. The predicted octanol–water partition coefficient (Wildman–Crippen LogP) is 4.83. The zero-order chi connectivity index (χ0) is 25.8. The number of benzene rings is 2. The van der Waals surface area contributed by atoms with Crippen molar-refractivity contribution in [3.63, 3.8) is 0 Å². The van der Waals surface area contributed by atoms with Crippen molar-refractivity contribution >= 4 is 38.7 Å². The molecule has 4 rings (SSSR count). The summed E-state index contributed by atoms with van der Waals surface area (Å²) in [5, 5.41) is 0.295. The van der Waals surface area contributed by atoms with Crippen LogP contribution in [0.5, 0.6) is 0 Å². The molecule has 0 saturated heterocycles.